The van der Waals surface area contributed by atoms with Crippen LogP contribution in [0.5, 0.6) is 0 Å². The fourth-order valence-corrected chi connectivity index (χ4v) is 5.06. The lowest BCUT2D eigenvalue weighted by Crippen LogP contribution is -2.42. The Morgan fingerprint density at radius 1 is 1.22 bits per heavy atom. The standard InChI is InChI=1S/C27H40F3NO4S/c1-16-8-7-9-20(27(28,29)30)10-11-22(17(2)14-21-15-36-19(4)31-21)35-23(32)12-13-26(5,6)25(34)18(3)24(16)33/h7-8,10,14-16,18,22-25,32-34H,9,11-13H2,1-6H3/b8-7+,17-14-,20-10+/t16?,18?,22?,23-,24?,25?/m1/s1. The van der Waals surface area contributed by atoms with Crippen LogP contribution in [0.15, 0.2) is 34.8 Å². The van der Waals surface area contributed by atoms with Crippen molar-refractivity contribution in [2.24, 2.45) is 17.3 Å². The van der Waals surface area contributed by atoms with Gasteiger partial charge in [-0.25, -0.2) is 4.98 Å². The second-order valence-electron chi connectivity index (χ2n) is 10.5. The van der Waals surface area contributed by atoms with Crippen molar-refractivity contribution in [1.82, 2.24) is 4.98 Å². The highest BCUT2D eigenvalue weighted by molar-refractivity contribution is 7.09. The molecule has 5 nitrogen and oxygen atoms in total. The molecule has 0 bridgehead atoms. The van der Waals surface area contributed by atoms with Crippen molar-refractivity contribution in [1.29, 1.82) is 0 Å². The SMILES string of the molecule is C/C(=C/c1csc(C)n1)C1C/C=C(/C(F)(F)F)C/C=C/C(C)C(O)C(C)C(O)C(C)(C)CC[C@H](O)O1. The molecule has 0 radical (unpaired) electrons. The van der Waals surface area contributed by atoms with E-state index in [0.717, 1.165) is 11.1 Å². The molecule has 0 aromatic carbocycles. The molecule has 1 aromatic rings. The average molecular weight is 532 g/mol. The molecule has 204 valence electrons. The number of rotatable bonds is 2. The molecule has 0 saturated heterocycles. The summed E-state index contributed by atoms with van der Waals surface area (Å²) >= 11 is 1.47. The zero-order valence-corrected chi connectivity index (χ0v) is 22.7. The number of alkyl halides is 3. The lowest BCUT2D eigenvalue weighted by Gasteiger charge is -2.38. The van der Waals surface area contributed by atoms with Crippen LogP contribution in [-0.2, 0) is 4.74 Å². The van der Waals surface area contributed by atoms with Gasteiger partial charge >= 0.3 is 6.18 Å². The third-order valence-corrected chi connectivity index (χ3v) is 7.76. The van der Waals surface area contributed by atoms with E-state index in [4.69, 9.17) is 4.74 Å². The highest BCUT2D eigenvalue weighted by Gasteiger charge is 2.37. The zero-order chi connectivity index (χ0) is 27.3. The van der Waals surface area contributed by atoms with Gasteiger partial charge in [0.1, 0.15) is 0 Å². The van der Waals surface area contributed by atoms with Gasteiger partial charge in [-0.1, -0.05) is 45.9 Å². The molecule has 1 aliphatic heterocycles. The molecule has 0 fully saturated rings. The Hall–Kier alpha value is -1.52. The summed E-state index contributed by atoms with van der Waals surface area (Å²) in [6.45, 7) is 10.8. The van der Waals surface area contributed by atoms with E-state index < -0.39 is 53.6 Å². The van der Waals surface area contributed by atoms with Gasteiger partial charge in [-0.2, -0.15) is 13.2 Å². The van der Waals surface area contributed by atoms with E-state index >= 15 is 0 Å². The first kappa shape index (κ1) is 30.7. The summed E-state index contributed by atoms with van der Waals surface area (Å²) in [5, 5.41) is 35.1. The average Bonchev–Trinajstić information content (AvgIpc) is 3.20. The summed E-state index contributed by atoms with van der Waals surface area (Å²) in [6, 6.07) is 0. The molecule has 1 aliphatic rings. The fraction of sp³-hybridized carbons (Fsp3) is 0.667. The minimum absolute atomic E-state index is 0.0770. The number of aryl methyl sites for hydroxylation is 1. The van der Waals surface area contributed by atoms with E-state index in [1.165, 1.54) is 17.4 Å². The van der Waals surface area contributed by atoms with Crippen molar-refractivity contribution >= 4 is 17.4 Å². The first-order chi connectivity index (χ1) is 16.6. The molecule has 9 heteroatoms. The van der Waals surface area contributed by atoms with Crippen molar-refractivity contribution < 1.29 is 33.2 Å². The first-order valence-corrected chi connectivity index (χ1v) is 13.2. The zero-order valence-electron chi connectivity index (χ0n) is 21.9. The molecule has 2 heterocycles. The van der Waals surface area contributed by atoms with Gasteiger partial charge in [0.05, 0.1) is 29.0 Å². The van der Waals surface area contributed by atoms with Gasteiger partial charge < -0.3 is 20.1 Å². The second kappa shape index (κ2) is 12.8. The Bertz CT molecular complexity index is 938. The lowest BCUT2D eigenvalue weighted by molar-refractivity contribution is -0.137. The molecule has 0 saturated carbocycles. The fourth-order valence-electron chi connectivity index (χ4n) is 4.49. The van der Waals surface area contributed by atoms with Crippen LogP contribution in [0.3, 0.4) is 0 Å². The van der Waals surface area contributed by atoms with E-state index in [1.807, 2.05) is 26.2 Å². The van der Waals surface area contributed by atoms with E-state index in [2.05, 4.69) is 4.98 Å². The van der Waals surface area contributed by atoms with Crippen LogP contribution in [0, 0.1) is 24.2 Å². The van der Waals surface area contributed by atoms with Crippen molar-refractivity contribution in [2.45, 2.75) is 98.0 Å². The number of aromatic nitrogens is 1. The van der Waals surface area contributed by atoms with Gasteiger partial charge in [0.15, 0.2) is 6.29 Å². The number of aliphatic hydroxyl groups excluding tert-OH is 3. The summed E-state index contributed by atoms with van der Waals surface area (Å²) < 4.78 is 47.1. The Labute approximate surface area is 216 Å². The Balaban J connectivity index is 2.43. The lowest BCUT2D eigenvalue weighted by atomic mass is 9.73. The molecule has 0 amide bonds. The normalized spacial score (nSPS) is 34.1. The van der Waals surface area contributed by atoms with Crippen LogP contribution in [0.4, 0.5) is 13.2 Å². The number of hydrogen-bond donors (Lipinski definition) is 3. The Morgan fingerprint density at radius 2 is 1.89 bits per heavy atom. The first-order valence-electron chi connectivity index (χ1n) is 12.3. The molecule has 6 atom stereocenters. The van der Waals surface area contributed by atoms with Gasteiger partial charge in [0.25, 0.3) is 0 Å². The van der Waals surface area contributed by atoms with Gasteiger partial charge in [-0.05, 0) is 56.6 Å². The topological polar surface area (TPSA) is 82.8 Å². The Morgan fingerprint density at radius 3 is 2.47 bits per heavy atom. The molecule has 2 rings (SSSR count). The van der Waals surface area contributed by atoms with Crippen molar-refractivity contribution in [2.75, 3.05) is 0 Å². The maximum absolute atomic E-state index is 13.8. The van der Waals surface area contributed by atoms with Crippen LogP contribution in [0.25, 0.3) is 6.08 Å². The number of thiazole rings is 1. The minimum Gasteiger partial charge on any atom is -0.392 e. The highest BCUT2D eigenvalue weighted by Crippen LogP contribution is 2.36. The van der Waals surface area contributed by atoms with E-state index in [9.17, 15) is 28.5 Å². The van der Waals surface area contributed by atoms with Crippen LogP contribution in [0.2, 0.25) is 0 Å². The van der Waals surface area contributed by atoms with Crippen molar-refractivity contribution in [3.8, 4) is 0 Å². The van der Waals surface area contributed by atoms with Gasteiger partial charge in [-0.15, -0.1) is 11.3 Å². The molecule has 5 unspecified atom stereocenters. The van der Waals surface area contributed by atoms with E-state index in [0.29, 0.717) is 17.7 Å². The monoisotopic (exact) mass is 531 g/mol. The number of allylic oxidation sites excluding steroid dienone is 2. The number of nitrogens with zero attached hydrogens (tertiary/aromatic N) is 1. The summed E-state index contributed by atoms with van der Waals surface area (Å²) in [7, 11) is 0. The van der Waals surface area contributed by atoms with Gasteiger partial charge in [-0.3, -0.25) is 0 Å². The minimum atomic E-state index is -4.53. The van der Waals surface area contributed by atoms with E-state index in [-0.39, 0.29) is 19.3 Å². The van der Waals surface area contributed by atoms with E-state index in [1.54, 1.807) is 32.9 Å². The molecular formula is C27H40F3NO4S. The molecule has 0 aliphatic carbocycles. The quantitative estimate of drug-likeness (QED) is 0.396. The smallest absolute Gasteiger partial charge is 0.392 e. The van der Waals surface area contributed by atoms with Crippen LogP contribution < -0.4 is 0 Å². The summed E-state index contributed by atoms with van der Waals surface area (Å²) in [5.74, 6) is -0.969. The third kappa shape index (κ3) is 8.80. The van der Waals surface area contributed by atoms with Crippen LogP contribution in [0.1, 0.15) is 71.0 Å². The maximum Gasteiger partial charge on any atom is 0.412 e. The number of aliphatic hydroxyl groups is 3. The number of halogens is 3. The second-order valence-corrected chi connectivity index (χ2v) is 11.6. The maximum atomic E-state index is 13.8. The highest BCUT2D eigenvalue weighted by atomic mass is 32.1. The molecular weight excluding hydrogens is 491 g/mol. The number of hydrogen-bond acceptors (Lipinski definition) is 6. The predicted octanol–water partition coefficient (Wildman–Crippen LogP) is 6.20. The number of ether oxygens (including phenoxy) is 1. The van der Waals surface area contributed by atoms with Gasteiger partial charge in [0, 0.05) is 22.8 Å². The largest absolute Gasteiger partial charge is 0.412 e. The van der Waals surface area contributed by atoms with Crippen molar-refractivity contribution in [3.63, 3.8) is 0 Å². The summed E-state index contributed by atoms with van der Waals surface area (Å²) in [5.41, 5.74) is -0.0119. The summed E-state index contributed by atoms with van der Waals surface area (Å²) in [4.78, 5) is 4.38. The Kier molecular flexibility index (Phi) is 10.9. The third-order valence-electron chi connectivity index (χ3n) is 6.97. The molecule has 0 spiro atoms. The van der Waals surface area contributed by atoms with Crippen LogP contribution in [-0.4, -0.2) is 51.1 Å². The molecule has 3 N–H and O–H groups in total. The van der Waals surface area contributed by atoms with Crippen LogP contribution >= 0.6 is 11.3 Å². The van der Waals surface area contributed by atoms with Gasteiger partial charge in [0.2, 0.25) is 0 Å². The van der Waals surface area contributed by atoms with Crippen molar-refractivity contribution in [3.05, 3.63) is 45.5 Å². The molecule has 36 heavy (non-hydrogen) atoms. The summed E-state index contributed by atoms with van der Waals surface area (Å²) in [6.07, 6.45) is -2.38. The predicted molar refractivity (Wildman–Crippen MR) is 137 cm³/mol. The molecule has 1 aromatic heterocycles.